The lowest BCUT2D eigenvalue weighted by molar-refractivity contribution is 0.378. The Morgan fingerprint density at radius 1 is 1.15 bits per heavy atom. The van der Waals surface area contributed by atoms with E-state index in [1.54, 1.807) is 13.3 Å². The van der Waals surface area contributed by atoms with Crippen LogP contribution in [0.25, 0.3) is 0 Å². The second kappa shape index (κ2) is 6.39. The van der Waals surface area contributed by atoms with E-state index in [4.69, 9.17) is 9.47 Å². The summed E-state index contributed by atoms with van der Waals surface area (Å²) in [7, 11) is 3.55. The molecule has 4 heteroatoms. The van der Waals surface area contributed by atoms with Gasteiger partial charge in [-0.2, -0.15) is 0 Å². The zero-order valence-electron chi connectivity index (χ0n) is 12.3. The molecule has 1 atom stereocenters. The fourth-order valence-electron chi connectivity index (χ4n) is 1.84. The minimum absolute atomic E-state index is 0.220. The van der Waals surface area contributed by atoms with Gasteiger partial charge in [-0.1, -0.05) is 6.07 Å². The second-order valence-corrected chi connectivity index (χ2v) is 4.69. The van der Waals surface area contributed by atoms with Crippen LogP contribution in [0.2, 0.25) is 0 Å². The molecule has 20 heavy (non-hydrogen) atoms. The van der Waals surface area contributed by atoms with Crippen molar-refractivity contribution in [2.75, 3.05) is 14.2 Å². The molecule has 1 N–H and O–H groups in total. The van der Waals surface area contributed by atoms with Gasteiger partial charge < -0.3 is 14.8 Å². The number of benzene rings is 1. The highest BCUT2D eigenvalue weighted by Gasteiger charge is 2.08. The molecule has 0 bridgehead atoms. The summed E-state index contributed by atoms with van der Waals surface area (Å²) >= 11 is 0. The van der Waals surface area contributed by atoms with Crippen LogP contribution in [0.3, 0.4) is 0 Å². The maximum atomic E-state index is 5.82. The van der Waals surface area contributed by atoms with Gasteiger partial charge in [0.05, 0.1) is 19.0 Å². The topological polar surface area (TPSA) is 43.4 Å². The maximum Gasteiger partial charge on any atom is 0.169 e. The Morgan fingerprint density at radius 3 is 2.55 bits per heavy atom. The monoisotopic (exact) mass is 272 g/mol. The molecule has 2 aromatic rings. The number of rotatable bonds is 5. The fraction of sp³-hybridized carbons (Fsp3) is 0.312. The van der Waals surface area contributed by atoms with E-state index in [1.165, 1.54) is 0 Å². The summed E-state index contributed by atoms with van der Waals surface area (Å²) in [6.07, 6.45) is 1.72. The number of methoxy groups -OCH3 is 1. The molecule has 0 aliphatic carbocycles. The predicted octanol–water partition coefficient (Wildman–Crippen LogP) is 3.47. The van der Waals surface area contributed by atoms with Crippen LogP contribution in [-0.4, -0.2) is 19.1 Å². The number of aromatic nitrogens is 1. The standard InChI is InChI=1S/C16H20N2O2/c1-11-5-8-15(16(9-11)19-4)20-13-6-7-14(18-10-13)12(2)17-3/h5-10,12,17H,1-4H3. The molecule has 0 aliphatic heterocycles. The van der Waals surface area contributed by atoms with Crippen LogP contribution in [-0.2, 0) is 0 Å². The summed E-state index contributed by atoms with van der Waals surface area (Å²) < 4.78 is 11.1. The molecule has 0 spiro atoms. The average Bonchev–Trinajstić information content (AvgIpc) is 2.49. The van der Waals surface area contributed by atoms with E-state index in [0.29, 0.717) is 11.5 Å². The molecule has 0 radical (unpaired) electrons. The molecular weight excluding hydrogens is 252 g/mol. The van der Waals surface area contributed by atoms with Gasteiger partial charge in [-0.3, -0.25) is 4.98 Å². The first-order valence-corrected chi connectivity index (χ1v) is 6.59. The molecule has 4 nitrogen and oxygen atoms in total. The van der Waals surface area contributed by atoms with Crippen LogP contribution >= 0.6 is 0 Å². The number of nitrogens with one attached hydrogen (secondary N) is 1. The summed E-state index contributed by atoms with van der Waals surface area (Å²) in [5.41, 5.74) is 2.11. The first-order chi connectivity index (χ1) is 9.63. The van der Waals surface area contributed by atoms with E-state index in [0.717, 1.165) is 17.0 Å². The van der Waals surface area contributed by atoms with Crippen LogP contribution in [0.1, 0.15) is 24.2 Å². The molecule has 0 aliphatic rings. The van der Waals surface area contributed by atoms with Crippen molar-refractivity contribution in [3.8, 4) is 17.2 Å². The van der Waals surface area contributed by atoms with Crippen molar-refractivity contribution >= 4 is 0 Å². The summed E-state index contributed by atoms with van der Waals surface area (Å²) in [6, 6.07) is 9.92. The number of pyridine rings is 1. The first kappa shape index (κ1) is 14.3. The number of hydrogen-bond donors (Lipinski definition) is 1. The van der Waals surface area contributed by atoms with Gasteiger partial charge in [0.2, 0.25) is 0 Å². The van der Waals surface area contributed by atoms with Gasteiger partial charge in [-0.05, 0) is 50.7 Å². The Hall–Kier alpha value is -2.07. The van der Waals surface area contributed by atoms with Crippen molar-refractivity contribution in [3.63, 3.8) is 0 Å². The van der Waals surface area contributed by atoms with Crippen molar-refractivity contribution in [1.29, 1.82) is 0 Å². The first-order valence-electron chi connectivity index (χ1n) is 6.59. The summed E-state index contributed by atoms with van der Waals surface area (Å²) in [5, 5.41) is 3.15. The molecular formula is C16H20N2O2. The Bertz CT molecular complexity index is 567. The van der Waals surface area contributed by atoms with E-state index < -0.39 is 0 Å². The van der Waals surface area contributed by atoms with E-state index in [9.17, 15) is 0 Å². The SMILES string of the molecule is CNC(C)c1ccc(Oc2ccc(C)cc2OC)cn1. The lowest BCUT2D eigenvalue weighted by atomic mass is 10.2. The van der Waals surface area contributed by atoms with Crippen molar-refractivity contribution in [2.45, 2.75) is 19.9 Å². The Kier molecular flexibility index (Phi) is 4.58. The van der Waals surface area contributed by atoms with Crippen LogP contribution in [0.15, 0.2) is 36.5 Å². The molecule has 1 unspecified atom stereocenters. The molecule has 106 valence electrons. The van der Waals surface area contributed by atoms with Gasteiger partial charge in [0.25, 0.3) is 0 Å². The van der Waals surface area contributed by atoms with Crippen molar-refractivity contribution in [1.82, 2.24) is 10.3 Å². The molecule has 0 amide bonds. The molecule has 0 fully saturated rings. The van der Waals surface area contributed by atoms with Crippen molar-refractivity contribution < 1.29 is 9.47 Å². The van der Waals surface area contributed by atoms with E-state index in [-0.39, 0.29) is 6.04 Å². The molecule has 1 aromatic heterocycles. The second-order valence-electron chi connectivity index (χ2n) is 4.69. The Labute approximate surface area is 119 Å². The predicted molar refractivity (Wildman–Crippen MR) is 79.5 cm³/mol. The third kappa shape index (κ3) is 3.27. The number of nitrogens with zero attached hydrogens (tertiary/aromatic N) is 1. The van der Waals surface area contributed by atoms with Crippen LogP contribution in [0.4, 0.5) is 0 Å². The van der Waals surface area contributed by atoms with Crippen LogP contribution in [0.5, 0.6) is 17.2 Å². The van der Waals surface area contributed by atoms with Crippen molar-refractivity contribution in [3.05, 3.63) is 47.8 Å². The highest BCUT2D eigenvalue weighted by atomic mass is 16.5. The van der Waals surface area contributed by atoms with E-state index in [2.05, 4.69) is 17.2 Å². The average molecular weight is 272 g/mol. The summed E-state index contributed by atoms with van der Waals surface area (Å²) in [6.45, 7) is 4.08. The quantitative estimate of drug-likeness (QED) is 0.905. The zero-order valence-corrected chi connectivity index (χ0v) is 12.3. The number of ether oxygens (including phenoxy) is 2. The van der Waals surface area contributed by atoms with Crippen molar-refractivity contribution in [2.24, 2.45) is 0 Å². The number of aryl methyl sites for hydroxylation is 1. The third-order valence-electron chi connectivity index (χ3n) is 3.18. The van der Waals surface area contributed by atoms with E-state index >= 15 is 0 Å². The minimum Gasteiger partial charge on any atom is -0.493 e. The van der Waals surface area contributed by atoms with Gasteiger partial charge in [0, 0.05) is 6.04 Å². The molecule has 1 heterocycles. The zero-order chi connectivity index (χ0) is 14.5. The highest BCUT2D eigenvalue weighted by molar-refractivity contribution is 5.44. The lowest BCUT2D eigenvalue weighted by Gasteiger charge is -2.12. The van der Waals surface area contributed by atoms with Crippen LogP contribution < -0.4 is 14.8 Å². The Balaban J connectivity index is 2.18. The van der Waals surface area contributed by atoms with Gasteiger partial charge >= 0.3 is 0 Å². The molecule has 0 saturated carbocycles. The fourth-order valence-corrected chi connectivity index (χ4v) is 1.84. The molecule has 1 aromatic carbocycles. The van der Waals surface area contributed by atoms with Gasteiger partial charge in [0.1, 0.15) is 5.75 Å². The van der Waals surface area contributed by atoms with Gasteiger partial charge in [0.15, 0.2) is 11.5 Å². The normalized spacial score (nSPS) is 12.0. The van der Waals surface area contributed by atoms with Gasteiger partial charge in [-0.25, -0.2) is 0 Å². The summed E-state index contributed by atoms with van der Waals surface area (Å²) in [5.74, 6) is 2.10. The largest absolute Gasteiger partial charge is 0.493 e. The van der Waals surface area contributed by atoms with Crippen LogP contribution in [0, 0.1) is 6.92 Å². The maximum absolute atomic E-state index is 5.82. The van der Waals surface area contributed by atoms with Gasteiger partial charge in [-0.15, -0.1) is 0 Å². The lowest BCUT2D eigenvalue weighted by Crippen LogP contribution is -2.13. The summed E-state index contributed by atoms with van der Waals surface area (Å²) in [4.78, 5) is 4.39. The van der Waals surface area contributed by atoms with E-state index in [1.807, 2.05) is 44.3 Å². The molecule has 0 saturated heterocycles. The third-order valence-corrected chi connectivity index (χ3v) is 3.18. The number of hydrogen-bond acceptors (Lipinski definition) is 4. The highest BCUT2D eigenvalue weighted by Crippen LogP contribution is 2.32. The Morgan fingerprint density at radius 2 is 1.95 bits per heavy atom. The minimum atomic E-state index is 0.220. The smallest absolute Gasteiger partial charge is 0.169 e. The molecule has 2 rings (SSSR count).